The summed E-state index contributed by atoms with van der Waals surface area (Å²) in [4.78, 5) is 0. The molecular weight excluding hydrogens is 258 g/mol. The predicted octanol–water partition coefficient (Wildman–Crippen LogP) is 5.16. The van der Waals surface area contributed by atoms with Crippen LogP contribution in [0.25, 0.3) is 0 Å². The van der Waals surface area contributed by atoms with Crippen LogP contribution < -0.4 is 0 Å². The molecule has 1 aromatic rings. The summed E-state index contributed by atoms with van der Waals surface area (Å²) in [5.41, 5.74) is 2.17. The molecule has 1 aliphatic carbocycles. The Morgan fingerprint density at radius 2 is 1.90 bits per heavy atom. The van der Waals surface area contributed by atoms with Gasteiger partial charge in [0.25, 0.3) is 0 Å². The molecule has 0 unspecified atom stereocenters. The van der Waals surface area contributed by atoms with E-state index in [1.165, 1.54) is 44.1 Å². The number of unbranched alkanes of at least 4 members (excludes halogenated alkanes) is 1. The maximum Gasteiger partial charge on any atom is 0.0991 e. The maximum atomic E-state index is 8.85. The Labute approximate surface area is 128 Å². The molecular formula is C19H25NO. The van der Waals surface area contributed by atoms with Crippen LogP contribution in [0.3, 0.4) is 0 Å². The number of allylic oxidation sites excluding steroid dienone is 1. The quantitative estimate of drug-likeness (QED) is 0.533. The Morgan fingerprint density at radius 3 is 2.52 bits per heavy atom. The van der Waals surface area contributed by atoms with Crippen molar-refractivity contribution >= 4 is 0 Å². The molecule has 2 heteroatoms. The second kappa shape index (κ2) is 8.52. The van der Waals surface area contributed by atoms with Gasteiger partial charge in [0, 0.05) is 0 Å². The van der Waals surface area contributed by atoms with Gasteiger partial charge in [0.05, 0.1) is 25.0 Å². The van der Waals surface area contributed by atoms with Gasteiger partial charge in [-0.15, -0.1) is 0 Å². The summed E-state index contributed by atoms with van der Waals surface area (Å²) in [6, 6.07) is 10.4. The fourth-order valence-electron chi connectivity index (χ4n) is 3.30. The SMILES string of the molecule is CO/C=C/CCC[C@H]1CC[C@H](c2ccc(C#N)cc2)CC1. The van der Waals surface area contributed by atoms with Crippen LogP contribution in [0, 0.1) is 17.2 Å². The Balaban J connectivity index is 1.72. The van der Waals surface area contributed by atoms with E-state index in [0.29, 0.717) is 5.92 Å². The third-order valence-electron chi connectivity index (χ3n) is 4.57. The highest BCUT2D eigenvalue weighted by atomic mass is 16.5. The number of methoxy groups -OCH3 is 1. The lowest BCUT2D eigenvalue weighted by Crippen LogP contribution is -2.13. The first-order valence-corrected chi connectivity index (χ1v) is 8.01. The lowest BCUT2D eigenvalue weighted by molar-refractivity contribution is 0.304. The van der Waals surface area contributed by atoms with E-state index in [1.54, 1.807) is 13.4 Å². The van der Waals surface area contributed by atoms with Crippen molar-refractivity contribution in [3.8, 4) is 6.07 Å². The van der Waals surface area contributed by atoms with Crippen LogP contribution >= 0.6 is 0 Å². The van der Waals surface area contributed by atoms with Crippen LogP contribution in [-0.2, 0) is 4.74 Å². The zero-order chi connectivity index (χ0) is 14.9. The van der Waals surface area contributed by atoms with Crippen molar-refractivity contribution in [2.45, 2.75) is 50.9 Å². The van der Waals surface area contributed by atoms with E-state index in [9.17, 15) is 0 Å². The summed E-state index contributed by atoms with van der Waals surface area (Å²) >= 11 is 0. The van der Waals surface area contributed by atoms with Crippen molar-refractivity contribution < 1.29 is 4.74 Å². The standard InChI is InChI=1S/C19H25NO/c1-21-14-4-2-3-5-16-6-10-18(11-7-16)19-12-8-17(15-20)9-13-19/h4,8-9,12-14,16,18H,2-3,5-7,10-11H2,1H3/b14-4+/t16-,18-. The third kappa shape index (κ3) is 4.93. The van der Waals surface area contributed by atoms with Gasteiger partial charge in [-0.1, -0.05) is 18.6 Å². The summed E-state index contributed by atoms with van der Waals surface area (Å²) in [7, 11) is 1.70. The van der Waals surface area contributed by atoms with Crippen molar-refractivity contribution in [2.75, 3.05) is 7.11 Å². The molecule has 2 nitrogen and oxygen atoms in total. The van der Waals surface area contributed by atoms with Crippen LogP contribution in [0.2, 0.25) is 0 Å². The van der Waals surface area contributed by atoms with Crippen LogP contribution in [0.15, 0.2) is 36.6 Å². The molecule has 0 N–H and O–H groups in total. The van der Waals surface area contributed by atoms with Crippen molar-refractivity contribution in [1.29, 1.82) is 5.26 Å². The van der Waals surface area contributed by atoms with Gasteiger partial charge in [0.2, 0.25) is 0 Å². The van der Waals surface area contributed by atoms with Gasteiger partial charge in [-0.3, -0.25) is 0 Å². The zero-order valence-corrected chi connectivity index (χ0v) is 12.9. The molecule has 0 heterocycles. The molecule has 0 radical (unpaired) electrons. The second-order valence-electron chi connectivity index (χ2n) is 5.99. The van der Waals surface area contributed by atoms with Crippen LogP contribution in [0.4, 0.5) is 0 Å². The van der Waals surface area contributed by atoms with Crippen LogP contribution in [0.5, 0.6) is 0 Å². The van der Waals surface area contributed by atoms with E-state index < -0.39 is 0 Å². The topological polar surface area (TPSA) is 33.0 Å². The van der Waals surface area contributed by atoms with E-state index in [2.05, 4.69) is 24.3 Å². The number of hydrogen-bond acceptors (Lipinski definition) is 2. The van der Waals surface area contributed by atoms with E-state index in [-0.39, 0.29) is 0 Å². The summed E-state index contributed by atoms with van der Waals surface area (Å²) in [6.07, 6.45) is 12.9. The van der Waals surface area contributed by atoms with Gasteiger partial charge < -0.3 is 4.74 Å². The van der Waals surface area contributed by atoms with E-state index in [0.717, 1.165) is 17.9 Å². The first-order chi connectivity index (χ1) is 10.3. The minimum Gasteiger partial charge on any atom is -0.505 e. The Morgan fingerprint density at radius 1 is 1.19 bits per heavy atom. The van der Waals surface area contributed by atoms with E-state index >= 15 is 0 Å². The molecule has 0 aromatic heterocycles. The molecule has 1 aliphatic rings. The Kier molecular flexibility index (Phi) is 6.34. The first kappa shape index (κ1) is 15.6. The van der Waals surface area contributed by atoms with Gasteiger partial charge in [-0.25, -0.2) is 0 Å². The van der Waals surface area contributed by atoms with Crippen LogP contribution in [-0.4, -0.2) is 7.11 Å². The maximum absolute atomic E-state index is 8.85. The smallest absolute Gasteiger partial charge is 0.0991 e. The van der Waals surface area contributed by atoms with E-state index in [1.807, 2.05) is 12.1 Å². The molecule has 1 aromatic carbocycles. The Hall–Kier alpha value is -1.75. The summed E-state index contributed by atoms with van der Waals surface area (Å²) in [6.45, 7) is 0. The van der Waals surface area contributed by atoms with E-state index in [4.69, 9.17) is 10.00 Å². The number of nitrogens with zero attached hydrogens (tertiary/aromatic N) is 1. The van der Waals surface area contributed by atoms with Gasteiger partial charge in [0.15, 0.2) is 0 Å². The van der Waals surface area contributed by atoms with Crippen molar-refractivity contribution in [3.63, 3.8) is 0 Å². The summed E-state index contributed by atoms with van der Waals surface area (Å²) in [5, 5.41) is 8.85. The highest BCUT2D eigenvalue weighted by Crippen LogP contribution is 2.37. The molecule has 0 spiro atoms. The molecule has 0 amide bonds. The largest absolute Gasteiger partial charge is 0.505 e. The molecule has 1 saturated carbocycles. The summed E-state index contributed by atoms with van der Waals surface area (Å²) in [5.74, 6) is 1.60. The molecule has 1 fully saturated rings. The van der Waals surface area contributed by atoms with Gasteiger partial charge >= 0.3 is 0 Å². The van der Waals surface area contributed by atoms with Gasteiger partial charge in [-0.2, -0.15) is 5.26 Å². The van der Waals surface area contributed by atoms with Crippen LogP contribution in [0.1, 0.15) is 62.0 Å². The number of nitriles is 1. The normalized spacial score (nSPS) is 22.1. The van der Waals surface area contributed by atoms with Crippen molar-refractivity contribution in [1.82, 2.24) is 0 Å². The third-order valence-corrected chi connectivity index (χ3v) is 4.57. The van der Waals surface area contributed by atoms with Crippen molar-refractivity contribution in [2.24, 2.45) is 5.92 Å². The number of hydrogen-bond donors (Lipinski definition) is 0. The Bertz CT molecular complexity index is 475. The lowest BCUT2D eigenvalue weighted by Gasteiger charge is -2.28. The average molecular weight is 283 g/mol. The fraction of sp³-hybridized carbons (Fsp3) is 0.526. The average Bonchev–Trinajstić information content (AvgIpc) is 2.55. The highest BCUT2D eigenvalue weighted by Gasteiger charge is 2.21. The minimum absolute atomic E-state index is 0.697. The number of ether oxygens (including phenoxy) is 1. The fourth-order valence-corrected chi connectivity index (χ4v) is 3.30. The number of rotatable bonds is 6. The monoisotopic (exact) mass is 283 g/mol. The predicted molar refractivity (Wildman–Crippen MR) is 85.9 cm³/mol. The molecule has 21 heavy (non-hydrogen) atoms. The molecule has 112 valence electrons. The molecule has 0 bridgehead atoms. The van der Waals surface area contributed by atoms with Gasteiger partial charge in [0.1, 0.15) is 0 Å². The van der Waals surface area contributed by atoms with Crippen molar-refractivity contribution in [3.05, 3.63) is 47.7 Å². The molecule has 0 aliphatic heterocycles. The molecule has 0 atom stereocenters. The highest BCUT2D eigenvalue weighted by molar-refractivity contribution is 5.33. The van der Waals surface area contributed by atoms with Gasteiger partial charge in [-0.05, 0) is 74.1 Å². The summed E-state index contributed by atoms with van der Waals surface area (Å²) < 4.78 is 4.91. The second-order valence-corrected chi connectivity index (χ2v) is 5.99. The zero-order valence-electron chi connectivity index (χ0n) is 12.9. The first-order valence-electron chi connectivity index (χ1n) is 8.01. The minimum atomic E-state index is 0.697. The number of benzene rings is 1. The molecule has 2 rings (SSSR count). The lowest BCUT2D eigenvalue weighted by atomic mass is 9.77. The molecule has 0 saturated heterocycles.